The summed E-state index contributed by atoms with van der Waals surface area (Å²) >= 11 is 0. The summed E-state index contributed by atoms with van der Waals surface area (Å²) < 4.78 is 6.12. The Labute approximate surface area is 118 Å². The van der Waals surface area contributed by atoms with Crippen LogP contribution in [0.1, 0.15) is 32.4 Å². The quantitative estimate of drug-likeness (QED) is 0.845. The molecular formula is C14H26ClNOSi. The van der Waals surface area contributed by atoms with Gasteiger partial charge in [0, 0.05) is 0 Å². The molecule has 1 atom stereocenters. The third kappa shape index (κ3) is 4.73. The van der Waals surface area contributed by atoms with Gasteiger partial charge in [0.05, 0.1) is 12.6 Å². The van der Waals surface area contributed by atoms with E-state index < -0.39 is 8.32 Å². The van der Waals surface area contributed by atoms with Crippen LogP contribution in [0, 0.1) is 0 Å². The van der Waals surface area contributed by atoms with Crippen molar-refractivity contribution in [2.24, 2.45) is 5.73 Å². The second-order valence-corrected chi connectivity index (χ2v) is 10.9. The number of rotatable bonds is 4. The third-order valence-corrected chi connectivity index (χ3v) is 8.16. The number of hydrogen-bond acceptors (Lipinski definition) is 2. The third-order valence-electron chi connectivity index (χ3n) is 3.66. The summed E-state index contributed by atoms with van der Waals surface area (Å²) in [4.78, 5) is 0. The molecule has 4 heteroatoms. The van der Waals surface area contributed by atoms with Gasteiger partial charge < -0.3 is 10.2 Å². The molecule has 0 saturated heterocycles. The van der Waals surface area contributed by atoms with E-state index in [1.807, 2.05) is 18.2 Å². The lowest BCUT2D eigenvalue weighted by Gasteiger charge is -2.37. The number of benzene rings is 1. The largest absolute Gasteiger partial charge is 0.415 e. The van der Waals surface area contributed by atoms with Crippen LogP contribution in [0.4, 0.5) is 0 Å². The monoisotopic (exact) mass is 287 g/mol. The van der Waals surface area contributed by atoms with E-state index in [2.05, 4.69) is 46.0 Å². The average Bonchev–Trinajstić information content (AvgIpc) is 2.25. The second kappa shape index (κ2) is 6.71. The highest BCUT2D eigenvalue weighted by molar-refractivity contribution is 6.74. The molecule has 0 aliphatic heterocycles. The molecular weight excluding hydrogens is 262 g/mol. The molecule has 0 fully saturated rings. The number of nitrogens with two attached hydrogens (primary N) is 1. The Morgan fingerprint density at radius 2 is 1.67 bits per heavy atom. The molecule has 0 aromatic heterocycles. The van der Waals surface area contributed by atoms with Gasteiger partial charge in [0.2, 0.25) is 0 Å². The van der Waals surface area contributed by atoms with Crippen LogP contribution >= 0.6 is 12.4 Å². The van der Waals surface area contributed by atoms with E-state index in [1.54, 1.807) is 0 Å². The summed E-state index contributed by atoms with van der Waals surface area (Å²) in [6, 6.07) is 10.1. The van der Waals surface area contributed by atoms with Crippen molar-refractivity contribution < 1.29 is 4.43 Å². The molecule has 0 unspecified atom stereocenters. The van der Waals surface area contributed by atoms with Crippen molar-refractivity contribution >= 4 is 20.7 Å². The Morgan fingerprint density at radius 3 is 2.11 bits per heavy atom. The Balaban J connectivity index is 0.00000289. The van der Waals surface area contributed by atoms with Gasteiger partial charge in [0.25, 0.3) is 0 Å². The molecule has 0 heterocycles. The summed E-state index contributed by atoms with van der Waals surface area (Å²) in [6.45, 7) is 11.9. The van der Waals surface area contributed by atoms with Gasteiger partial charge in [-0.25, -0.2) is 0 Å². The fourth-order valence-electron chi connectivity index (χ4n) is 1.31. The highest BCUT2D eigenvalue weighted by Crippen LogP contribution is 2.36. The molecule has 1 aromatic rings. The second-order valence-electron chi connectivity index (χ2n) is 6.09. The van der Waals surface area contributed by atoms with Crippen molar-refractivity contribution in [2.75, 3.05) is 6.61 Å². The zero-order chi connectivity index (χ0) is 13.1. The summed E-state index contributed by atoms with van der Waals surface area (Å²) in [5.41, 5.74) is 7.29. The molecule has 1 aromatic carbocycles. The van der Waals surface area contributed by atoms with E-state index in [0.29, 0.717) is 6.61 Å². The van der Waals surface area contributed by atoms with Gasteiger partial charge in [-0.15, -0.1) is 12.4 Å². The number of halogens is 1. The molecule has 104 valence electrons. The molecule has 2 N–H and O–H groups in total. The van der Waals surface area contributed by atoms with Crippen molar-refractivity contribution in [3.63, 3.8) is 0 Å². The van der Waals surface area contributed by atoms with Crippen LogP contribution in [0.2, 0.25) is 18.1 Å². The first kappa shape index (κ1) is 17.6. The molecule has 0 radical (unpaired) electrons. The van der Waals surface area contributed by atoms with Crippen LogP contribution < -0.4 is 5.73 Å². The van der Waals surface area contributed by atoms with Crippen molar-refractivity contribution in [2.45, 2.75) is 44.9 Å². The van der Waals surface area contributed by atoms with E-state index in [9.17, 15) is 0 Å². The number of hydrogen-bond donors (Lipinski definition) is 1. The van der Waals surface area contributed by atoms with Gasteiger partial charge in [-0.2, -0.15) is 0 Å². The standard InChI is InChI=1S/C14H25NOSi.ClH/c1-14(2,3)17(4,5)16-11-13(15)12-9-7-6-8-10-12;/h6-10,13H,11,15H2,1-5H3;1H/t13-;/m0./s1. The lowest BCUT2D eigenvalue weighted by atomic mass is 10.1. The van der Waals surface area contributed by atoms with Gasteiger partial charge in [-0.05, 0) is 23.7 Å². The van der Waals surface area contributed by atoms with Crippen molar-refractivity contribution in [1.29, 1.82) is 0 Å². The highest BCUT2D eigenvalue weighted by Gasteiger charge is 2.37. The molecule has 0 bridgehead atoms. The van der Waals surface area contributed by atoms with Crippen molar-refractivity contribution in [3.05, 3.63) is 35.9 Å². The predicted octanol–water partition coefficient (Wildman–Crippen LogP) is 4.13. The van der Waals surface area contributed by atoms with Gasteiger partial charge in [-0.1, -0.05) is 51.1 Å². The van der Waals surface area contributed by atoms with Crippen LogP contribution in [0.3, 0.4) is 0 Å². The van der Waals surface area contributed by atoms with E-state index in [-0.39, 0.29) is 23.5 Å². The Kier molecular flexibility index (Phi) is 6.58. The van der Waals surface area contributed by atoms with Crippen LogP contribution in [-0.2, 0) is 4.43 Å². The lowest BCUT2D eigenvalue weighted by molar-refractivity contribution is 0.264. The molecule has 0 aliphatic carbocycles. The Hall–Kier alpha value is -0.353. The predicted molar refractivity (Wildman–Crippen MR) is 83.8 cm³/mol. The van der Waals surface area contributed by atoms with Gasteiger partial charge >= 0.3 is 0 Å². The Bertz CT molecular complexity index is 349. The minimum atomic E-state index is -1.68. The zero-order valence-corrected chi connectivity index (χ0v) is 13.9. The maximum Gasteiger partial charge on any atom is 0.192 e. The first-order chi connectivity index (χ1) is 7.74. The minimum absolute atomic E-state index is 0. The minimum Gasteiger partial charge on any atom is -0.415 e. The van der Waals surface area contributed by atoms with Crippen LogP contribution in [0.5, 0.6) is 0 Å². The van der Waals surface area contributed by atoms with E-state index >= 15 is 0 Å². The zero-order valence-electron chi connectivity index (χ0n) is 12.1. The average molecular weight is 288 g/mol. The maximum atomic E-state index is 6.14. The van der Waals surface area contributed by atoms with Gasteiger partial charge in [-0.3, -0.25) is 0 Å². The van der Waals surface area contributed by atoms with E-state index in [0.717, 1.165) is 5.56 Å². The summed E-state index contributed by atoms with van der Waals surface area (Å²) in [5.74, 6) is 0. The smallest absolute Gasteiger partial charge is 0.192 e. The molecule has 0 aliphatic rings. The fraction of sp³-hybridized carbons (Fsp3) is 0.571. The maximum absolute atomic E-state index is 6.14. The van der Waals surface area contributed by atoms with E-state index in [1.165, 1.54) is 0 Å². The van der Waals surface area contributed by atoms with Crippen LogP contribution in [-0.4, -0.2) is 14.9 Å². The first-order valence-corrected chi connectivity index (χ1v) is 9.09. The van der Waals surface area contributed by atoms with Crippen molar-refractivity contribution in [1.82, 2.24) is 0 Å². The molecule has 0 saturated carbocycles. The molecule has 0 amide bonds. The normalized spacial score (nSPS) is 13.9. The topological polar surface area (TPSA) is 35.2 Å². The Morgan fingerprint density at radius 1 is 1.17 bits per heavy atom. The van der Waals surface area contributed by atoms with Crippen molar-refractivity contribution in [3.8, 4) is 0 Å². The molecule has 0 spiro atoms. The highest BCUT2D eigenvalue weighted by atomic mass is 35.5. The summed E-state index contributed by atoms with van der Waals surface area (Å²) in [5, 5.41) is 0.239. The van der Waals surface area contributed by atoms with Gasteiger partial charge in [0.1, 0.15) is 0 Å². The van der Waals surface area contributed by atoms with Gasteiger partial charge in [0.15, 0.2) is 8.32 Å². The van der Waals surface area contributed by atoms with E-state index in [4.69, 9.17) is 10.2 Å². The molecule has 2 nitrogen and oxygen atoms in total. The first-order valence-electron chi connectivity index (χ1n) is 6.18. The fourth-order valence-corrected chi connectivity index (χ4v) is 2.34. The molecule has 1 rings (SSSR count). The SMILES string of the molecule is CC(C)(C)[Si](C)(C)OC[C@H](N)c1ccccc1.Cl. The summed E-state index contributed by atoms with van der Waals surface area (Å²) in [6.07, 6.45) is 0. The van der Waals surface area contributed by atoms with Crippen LogP contribution in [0.25, 0.3) is 0 Å². The molecule has 18 heavy (non-hydrogen) atoms. The lowest BCUT2D eigenvalue weighted by Crippen LogP contribution is -2.42. The summed E-state index contributed by atoms with van der Waals surface area (Å²) in [7, 11) is -1.68. The van der Waals surface area contributed by atoms with Crippen LogP contribution in [0.15, 0.2) is 30.3 Å².